The number of benzene rings is 2. The van der Waals surface area contributed by atoms with Crippen LogP contribution in [0.25, 0.3) is 11.1 Å². The lowest BCUT2D eigenvalue weighted by atomic mass is 9.88. The molecule has 0 bridgehead atoms. The molecular formula is C32H42N2O10S. The zero-order chi connectivity index (χ0) is 33.0. The Balaban J connectivity index is 1.63. The summed E-state index contributed by atoms with van der Waals surface area (Å²) in [6.45, 7) is 2.22. The number of carbonyl (C=O) groups excluding carboxylic acids is 3. The second-order valence-corrected chi connectivity index (χ2v) is 12.2. The molecule has 246 valence electrons. The van der Waals surface area contributed by atoms with Crippen LogP contribution in [0.3, 0.4) is 0 Å². The monoisotopic (exact) mass is 646 g/mol. The van der Waals surface area contributed by atoms with Gasteiger partial charge in [-0.05, 0) is 54.5 Å². The minimum absolute atomic E-state index is 0.0476. The van der Waals surface area contributed by atoms with Crippen LogP contribution < -0.4 is 10.6 Å². The SMILES string of the molecule is CC(=O)CCCSCCCO[C@]1(C(=O)O)C[C@H](O)[C@@H](NC(C)=O)[C@H]([C@H](O)[C@H](O)CNC(=O)c2ccc(-c3ccccc3)cc2)O1. The Hall–Kier alpha value is -3.33. The Morgan fingerprint density at radius 1 is 1.00 bits per heavy atom. The zero-order valence-electron chi connectivity index (χ0n) is 25.4. The fourth-order valence-electron chi connectivity index (χ4n) is 4.96. The Morgan fingerprint density at radius 3 is 2.27 bits per heavy atom. The Kier molecular flexibility index (Phi) is 14.0. The number of aliphatic carboxylic acids is 1. The van der Waals surface area contributed by atoms with Crippen LogP contribution in [0.2, 0.25) is 0 Å². The van der Waals surface area contributed by atoms with E-state index in [2.05, 4.69) is 10.6 Å². The number of hydrogen-bond donors (Lipinski definition) is 6. The first-order valence-electron chi connectivity index (χ1n) is 14.8. The van der Waals surface area contributed by atoms with Gasteiger partial charge in [-0.25, -0.2) is 4.79 Å². The molecule has 1 fully saturated rings. The fraction of sp³-hybridized carbons (Fsp3) is 0.500. The Labute approximate surface area is 266 Å². The van der Waals surface area contributed by atoms with Crippen molar-refractivity contribution in [3.63, 3.8) is 0 Å². The molecule has 0 aromatic heterocycles. The summed E-state index contributed by atoms with van der Waals surface area (Å²) >= 11 is 1.59. The van der Waals surface area contributed by atoms with Gasteiger partial charge in [0.2, 0.25) is 5.91 Å². The quantitative estimate of drug-likeness (QED) is 0.137. The highest BCUT2D eigenvalue weighted by molar-refractivity contribution is 7.99. The number of aliphatic hydroxyl groups is 3. The van der Waals surface area contributed by atoms with Gasteiger partial charge in [0.05, 0.1) is 24.9 Å². The van der Waals surface area contributed by atoms with Gasteiger partial charge in [-0.2, -0.15) is 11.8 Å². The molecule has 6 N–H and O–H groups in total. The number of carbonyl (C=O) groups is 4. The zero-order valence-corrected chi connectivity index (χ0v) is 26.2. The molecule has 0 aliphatic carbocycles. The summed E-state index contributed by atoms with van der Waals surface area (Å²) in [5.74, 6) is -3.49. The van der Waals surface area contributed by atoms with E-state index in [9.17, 15) is 39.6 Å². The standard InChI is InChI=1S/C32H42N2O10S/c1-20(35)8-6-16-45-17-7-15-43-32(31(41)42)18-25(37)27(34-21(2)36)29(44-32)28(39)26(38)19-33-30(40)24-13-11-23(12-14-24)22-9-4-3-5-10-22/h3-5,9-14,25-29,37-39H,6-8,15-19H2,1-2H3,(H,33,40)(H,34,36)(H,41,42)/t25-,26+,27+,28+,29+,32+/m0/s1. The molecule has 1 saturated heterocycles. The molecular weight excluding hydrogens is 604 g/mol. The van der Waals surface area contributed by atoms with E-state index in [-0.39, 0.29) is 12.4 Å². The second-order valence-electron chi connectivity index (χ2n) is 11.0. The summed E-state index contributed by atoms with van der Waals surface area (Å²) in [6.07, 6.45) is -5.48. The van der Waals surface area contributed by atoms with Crippen molar-refractivity contribution in [2.24, 2.45) is 0 Å². The fourth-order valence-corrected chi connectivity index (χ4v) is 5.83. The molecule has 45 heavy (non-hydrogen) atoms. The van der Waals surface area contributed by atoms with Crippen molar-refractivity contribution in [1.82, 2.24) is 10.6 Å². The number of aliphatic hydroxyl groups excluding tert-OH is 3. The van der Waals surface area contributed by atoms with E-state index in [0.717, 1.165) is 23.3 Å². The number of rotatable bonds is 17. The Morgan fingerprint density at radius 2 is 1.64 bits per heavy atom. The number of Topliss-reactive ketones (excluding diaryl/α,β-unsaturated/α-hetero) is 1. The van der Waals surface area contributed by atoms with E-state index < -0.39 is 67.0 Å². The van der Waals surface area contributed by atoms with Gasteiger partial charge in [-0.1, -0.05) is 42.5 Å². The number of amides is 2. The molecule has 0 radical (unpaired) electrons. The third-order valence-corrected chi connectivity index (χ3v) is 8.47. The van der Waals surface area contributed by atoms with Gasteiger partial charge in [-0.3, -0.25) is 9.59 Å². The van der Waals surface area contributed by atoms with Crippen molar-refractivity contribution in [3.05, 3.63) is 60.2 Å². The maximum absolute atomic E-state index is 12.8. The lowest BCUT2D eigenvalue weighted by Crippen LogP contribution is -2.68. The molecule has 2 aromatic rings. The van der Waals surface area contributed by atoms with Gasteiger partial charge in [0.25, 0.3) is 11.7 Å². The molecule has 2 amide bonds. The van der Waals surface area contributed by atoms with E-state index in [4.69, 9.17) is 9.47 Å². The third-order valence-electron chi connectivity index (χ3n) is 7.31. The lowest BCUT2D eigenvalue weighted by molar-refractivity contribution is -0.310. The van der Waals surface area contributed by atoms with E-state index >= 15 is 0 Å². The predicted octanol–water partition coefficient (Wildman–Crippen LogP) is 1.75. The van der Waals surface area contributed by atoms with Gasteiger partial charge in [0.15, 0.2) is 0 Å². The predicted molar refractivity (Wildman–Crippen MR) is 168 cm³/mol. The average Bonchev–Trinajstić information content (AvgIpc) is 3.01. The van der Waals surface area contributed by atoms with Gasteiger partial charge >= 0.3 is 5.97 Å². The Bertz CT molecular complexity index is 1280. The second kappa shape index (κ2) is 17.4. The van der Waals surface area contributed by atoms with Crippen molar-refractivity contribution in [3.8, 4) is 11.1 Å². The molecule has 6 atom stereocenters. The van der Waals surface area contributed by atoms with Crippen LogP contribution >= 0.6 is 11.8 Å². The van der Waals surface area contributed by atoms with Gasteiger partial charge < -0.3 is 45.3 Å². The molecule has 13 heteroatoms. The minimum Gasteiger partial charge on any atom is -0.477 e. The first-order valence-corrected chi connectivity index (χ1v) is 16.0. The van der Waals surface area contributed by atoms with Crippen LogP contribution in [0.15, 0.2) is 54.6 Å². The summed E-state index contributed by atoms with van der Waals surface area (Å²) in [7, 11) is 0. The van der Waals surface area contributed by atoms with Crippen molar-refractivity contribution in [1.29, 1.82) is 0 Å². The minimum atomic E-state index is -2.36. The van der Waals surface area contributed by atoms with E-state index in [1.165, 1.54) is 13.8 Å². The smallest absolute Gasteiger partial charge is 0.364 e. The number of carboxylic acid groups (broad SMARTS) is 1. The molecule has 1 heterocycles. The maximum atomic E-state index is 12.8. The number of hydrogen-bond acceptors (Lipinski definition) is 10. The van der Waals surface area contributed by atoms with Gasteiger partial charge in [-0.15, -0.1) is 0 Å². The van der Waals surface area contributed by atoms with Crippen molar-refractivity contribution in [2.45, 2.75) is 75.8 Å². The normalized spacial score (nSPS) is 22.6. The molecule has 12 nitrogen and oxygen atoms in total. The maximum Gasteiger partial charge on any atom is 0.364 e. The van der Waals surface area contributed by atoms with Gasteiger partial charge in [0, 0.05) is 31.9 Å². The number of carboxylic acids is 1. The van der Waals surface area contributed by atoms with Crippen LogP contribution in [0, 0.1) is 0 Å². The largest absolute Gasteiger partial charge is 0.477 e. The van der Waals surface area contributed by atoms with E-state index in [1.54, 1.807) is 36.0 Å². The third kappa shape index (κ3) is 10.6. The molecule has 1 aliphatic heterocycles. The van der Waals surface area contributed by atoms with Crippen LogP contribution in [-0.2, 0) is 23.9 Å². The first kappa shape index (κ1) is 36.1. The highest BCUT2D eigenvalue weighted by atomic mass is 32.2. The summed E-state index contributed by atoms with van der Waals surface area (Å²) < 4.78 is 11.4. The average molecular weight is 647 g/mol. The summed E-state index contributed by atoms with van der Waals surface area (Å²) in [5, 5.41) is 47.8. The summed E-state index contributed by atoms with van der Waals surface area (Å²) in [5.41, 5.74) is 2.20. The van der Waals surface area contributed by atoms with Crippen LogP contribution in [0.5, 0.6) is 0 Å². The highest BCUT2D eigenvalue weighted by Gasteiger charge is 2.55. The number of ether oxygens (including phenoxy) is 2. The highest BCUT2D eigenvalue weighted by Crippen LogP contribution is 2.34. The van der Waals surface area contributed by atoms with Crippen LogP contribution in [0.1, 0.15) is 49.9 Å². The van der Waals surface area contributed by atoms with Crippen molar-refractivity contribution < 1.29 is 49.1 Å². The summed E-state index contributed by atoms with van der Waals surface area (Å²) in [4.78, 5) is 48.1. The van der Waals surface area contributed by atoms with E-state index in [1.807, 2.05) is 30.3 Å². The number of nitrogens with one attached hydrogen (secondary N) is 2. The van der Waals surface area contributed by atoms with E-state index in [0.29, 0.717) is 24.2 Å². The number of thioether (sulfide) groups is 1. The molecule has 1 aliphatic rings. The lowest BCUT2D eigenvalue weighted by Gasteiger charge is -2.46. The topological polar surface area (TPSA) is 192 Å². The van der Waals surface area contributed by atoms with Crippen LogP contribution in [-0.4, -0.2) is 105 Å². The molecule has 0 spiro atoms. The molecule has 3 rings (SSSR count). The van der Waals surface area contributed by atoms with Gasteiger partial charge in [0.1, 0.15) is 18.0 Å². The first-order chi connectivity index (χ1) is 21.4. The van der Waals surface area contributed by atoms with Crippen molar-refractivity contribution >= 4 is 35.3 Å². The van der Waals surface area contributed by atoms with Crippen molar-refractivity contribution in [2.75, 3.05) is 24.7 Å². The molecule has 2 aromatic carbocycles. The molecule has 0 unspecified atom stereocenters. The summed E-state index contributed by atoms with van der Waals surface area (Å²) in [6, 6.07) is 15.1. The van der Waals surface area contributed by atoms with Crippen LogP contribution in [0.4, 0.5) is 0 Å². The number of ketones is 1. The molecule has 0 saturated carbocycles.